The van der Waals surface area contributed by atoms with E-state index >= 15 is 0 Å². The summed E-state index contributed by atoms with van der Waals surface area (Å²) in [5.74, 6) is 0.127. The van der Waals surface area contributed by atoms with Crippen molar-refractivity contribution in [3.63, 3.8) is 0 Å². The van der Waals surface area contributed by atoms with Crippen LogP contribution in [-0.2, 0) is 11.2 Å². The van der Waals surface area contributed by atoms with Gasteiger partial charge in [0.15, 0.2) is 0 Å². The van der Waals surface area contributed by atoms with Gasteiger partial charge >= 0.3 is 0 Å². The van der Waals surface area contributed by atoms with Gasteiger partial charge in [0.2, 0.25) is 5.91 Å². The maximum Gasteiger partial charge on any atom is 0.253 e. The maximum absolute atomic E-state index is 12.6. The van der Waals surface area contributed by atoms with Gasteiger partial charge in [-0.2, -0.15) is 0 Å². The van der Waals surface area contributed by atoms with Crippen molar-refractivity contribution >= 4 is 29.9 Å². The number of nitrogen functional groups attached to an aromatic ring is 1. The number of carbonyl (C=O) groups excluding carboxylic acids is 2. The van der Waals surface area contributed by atoms with Gasteiger partial charge in [-0.05, 0) is 36.8 Å². The first-order chi connectivity index (χ1) is 12.0. The molecule has 1 aliphatic rings. The zero-order valence-corrected chi connectivity index (χ0v) is 15.7. The Labute approximate surface area is 160 Å². The number of amides is 2. The second-order valence-corrected chi connectivity index (χ2v) is 6.46. The van der Waals surface area contributed by atoms with Crippen LogP contribution in [0.25, 0.3) is 0 Å². The Bertz CT molecular complexity index is 769. The molecule has 0 saturated carbocycles. The monoisotopic (exact) mass is 373 g/mol. The summed E-state index contributed by atoms with van der Waals surface area (Å²) in [5, 5.41) is 0. The number of hydrogen-bond donors (Lipinski definition) is 1. The van der Waals surface area contributed by atoms with Crippen LogP contribution in [0, 0.1) is 6.92 Å². The van der Waals surface area contributed by atoms with E-state index in [0.29, 0.717) is 43.9 Å². The van der Waals surface area contributed by atoms with Gasteiger partial charge in [0.1, 0.15) is 0 Å². The average Bonchev–Trinajstić information content (AvgIpc) is 2.63. The average molecular weight is 374 g/mol. The van der Waals surface area contributed by atoms with Crippen LogP contribution in [0.15, 0.2) is 48.5 Å². The quantitative estimate of drug-likeness (QED) is 0.841. The van der Waals surface area contributed by atoms with Crippen molar-refractivity contribution in [2.45, 2.75) is 13.3 Å². The van der Waals surface area contributed by atoms with Gasteiger partial charge in [-0.3, -0.25) is 9.59 Å². The van der Waals surface area contributed by atoms with E-state index in [1.54, 1.807) is 12.1 Å². The molecule has 2 aromatic carbocycles. The van der Waals surface area contributed by atoms with E-state index in [4.69, 9.17) is 5.73 Å². The van der Waals surface area contributed by atoms with Gasteiger partial charge < -0.3 is 15.5 Å². The SMILES string of the molecule is Cc1cccc(C(=O)N2CCN(C(=O)Cc3ccc(N)cc3)CC2)c1.Cl. The smallest absolute Gasteiger partial charge is 0.253 e. The second-order valence-electron chi connectivity index (χ2n) is 6.46. The molecule has 1 aliphatic heterocycles. The summed E-state index contributed by atoms with van der Waals surface area (Å²) in [7, 11) is 0. The third kappa shape index (κ3) is 4.76. The molecule has 0 aliphatic carbocycles. The fourth-order valence-corrected chi connectivity index (χ4v) is 3.04. The molecule has 138 valence electrons. The molecule has 0 aromatic heterocycles. The molecule has 2 amide bonds. The summed E-state index contributed by atoms with van der Waals surface area (Å²) < 4.78 is 0. The number of hydrogen-bond acceptors (Lipinski definition) is 3. The third-order valence-corrected chi connectivity index (χ3v) is 4.52. The molecule has 6 heteroatoms. The summed E-state index contributed by atoms with van der Waals surface area (Å²) in [6.45, 7) is 4.27. The molecule has 0 radical (unpaired) electrons. The normalized spacial score (nSPS) is 13.9. The molecular formula is C20H24ClN3O2. The van der Waals surface area contributed by atoms with Crippen LogP contribution >= 0.6 is 12.4 Å². The molecule has 5 nitrogen and oxygen atoms in total. The van der Waals surface area contributed by atoms with Crippen molar-refractivity contribution in [3.8, 4) is 0 Å². The largest absolute Gasteiger partial charge is 0.399 e. The van der Waals surface area contributed by atoms with Crippen molar-refractivity contribution in [1.82, 2.24) is 9.80 Å². The first-order valence-electron chi connectivity index (χ1n) is 8.51. The number of nitrogens with two attached hydrogens (primary N) is 1. The fraction of sp³-hybridized carbons (Fsp3) is 0.300. The van der Waals surface area contributed by atoms with Crippen molar-refractivity contribution < 1.29 is 9.59 Å². The first kappa shape index (κ1) is 19.8. The minimum Gasteiger partial charge on any atom is -0.399 e. The first-order valence-corrected chi connectivity index (χ1v) is 8.51. The maximum atomic E-state index is 12.6. The standard InChI is InChI=1S/C20H23N3O2.ClH/c1-15-3-2-4-17(13-15)20(25)23-11-9-22(10-12-23)19(24)14-16-5-7-18(21)8-6-16;/h2-8,13H,9-12,14,21H2,1H3;1H. The van der Waals surface area contributed by atoms with Crippen molar-refractivity contribution in [3.05, 3.63) is 65.2 Å². The lowest BCUT2D eigenvalue weighted by Crippen LogP contribution is -2.51. The van der Waals surface area contributed by atoms with E-state index in [-0.39, 0.29) is 24.2 Å². The van der Waals surface area contributed by atoms with E-state index in [9.17, 15) is 9.59 Å². The Hall–Kier alpha value is -2.53. The highest BCUT2D eigenvalue weighted by Gasteiger charge is 2.24. The van der Waals surface area contributed by atoms with Gasteiger partial charge in [-0.25, -0.2) is 0 Å². The topological polar surface area (TPSA) is 66.6 Å². The zero-order valence-electron chi connectivity index (χ0n) is 14.9. The molecule has 1 fully saturated rings. The number of halogens is 1. The Balaban J connectivity index is 0.00000243. The van der Waals surface area contributed by atoms with E-state index < -0.39 is 0 Å². The second kappa shape index (κ2) is 8.72. The molecule has 0 atom stereocenters. The highest BCUT2D eigenvalue weighted by atomic mass is 35.5. The van der Waals surface area contributed by atoms with Crippen LogP contribution in [0.3, 0.4) is 0 Å². The summed E-state index contributed by atoms with van der Waals surface area (Å²) in [6.07, 6.45) is 0.367. The van der Waals surface area contributed by atoms with Crippen molar-refractivity contribution in [2.75, 3.05) is 31.9 Å². The van der Waals surface area contributed by atoms with Gasteiger partial charge in [-0.1, -0.05) is 29.8 Å². The number of aryl methyl sites for hydroxylation is 1. The minimum absolute atomic E-state index is 0. The molecule has 3 rings (SSSR count). The number of nitrogens with zero attached hydrogens (tertiary/aromatic N) is 2. The molecular weight excluding hydrogens is 350 g/mol. The third-order valence-electron chi connectivity index (χ3n) is 4.52. The van der Waals surface area contributed by atoms with Gasteiger partial charge in [0.05, 0.1) is 6.42 Å². The van der Waals surface area contributed by atoms with Crippen LogP contribution in [0.5, 0.6) is 0 Å². The molecule has 0 bridgehead atoms. The van der Waals surface area contributed by atoms with Crippen LogP contribution in [0.4, 0.5) is 5.69 Å². The van der Waals surface area contributed by atoms with Crippen LogP contribution in [0.2, 0.25) is 0 Å². The van der Waals surface area contributed by atoms with Crippen LogP contribution < -0.4 is 5.73 Å². The van der Waals surface area contributed by atoms with Gasteiger partial charge in [-0.15, -0.1) is 12.4 Å². The fourth-order valence-electron chi connectivity index (χ4n) is 3.04. The number of carbonyl (C=O) groups is 2. The summed E-state index contributed by atoms with van der Waals surface area (Å²) >= 11 is 0. The molecule has 2 N–H and O–H groups in total. The van der Waals surface area contributed by atoms with E-state index in [1.807, 2.05) is 53.1 Å². The molecule has 0 unspecified atom stereocenters. The lowest BCUT2D eigenvalue weighted by Gasteiger charge is -2.35. The molecule has 1 heterocycles. The van der Waals surface area contributed by atoms with Crippen LogP contribution in [-0.4, -0.2) is 47.8 Å². The number of rotatable bonds is 3. The lowest BCUT2D eigenvalue weighted by molar-refractivity contribution is -0.131. The summed E-state index contributed by atoms with van der Waals surface area (Å²) in [4.78, 5) is 28.6. The van der Waals surface area contributed by atoms with Crippen molar-refractivity contribution in [1.29, 1.82) is 0 Å². The lowest BCUT2D eigenvalue weighted by atomic mass is 10.1. The van der Waals surface area contributed by atoms with E-state index in [0.717, 1.165) is 11.1 Å². The van der Waals surface area contributed by atoms with E-state index in [1.165, 1.54) is 0 Å². The minimum atomic E-state index is 0. The zero-order chi connectivity index (χ0) is 17.8. The Morgan fingerprint density at radius 2 is 1.58 bits per heavy atom. The predicted molar refractivity (Wildman–Crippen MR) is 105 cm³/mol. The molecule has 1 saturated heterocycles. The summed E-state index contributed by atoms with van der Waals surface area (Å²) in [5.41, 5.74) is 9.10. The molecule has 26 heavy (non-hydrogen) atoms. The highest BCUT2D eigenvalue weighted by Crippen LogP contribution is 2.12. The van der Waals surface area contributed by atoms with Gasteiger partial charge in [0, 0.05) is 37.4 Å². The highest BCUT2D eigenvalue weighted by molar-refractivity contribution is 5.94. The number of piperazine rings is 1. The van der Waals surface area contributed by atoms with Crippen molar-refractivity contribution in [2.24, 2.45) is 0 Å². The van der Waals surface area contributed by atoms with Gasteiger partial charge in [0.25, 0.3) is 5.91 Å². The Kier molecular flexibility index (Phi) is 6.64. The number of benzene rings is 2. The van der Waals surface area contributed by atoms with Crippen LogP contribution in [0.1, 0.15) is 21.5 Å². The molecule has 2 aromatic rings. The Morgan fingerprint density at radius 3 is 2.19 bits per heavy atom. The van der Waals surface area contributed by atoms with E-state index in [2.05, 4.69) is 0 Å². The summed E-state index contributed by atoms with van der Waals surface area (Å²) in [6, 6.07) is 15.0. The number of anilines is 1. The Morgan fingerprint density at radius 1 is 0.962 bits per heavy atom. The predicted octanol–water partition coefficient (Wildman–Crippen LogP) is 2.53. The molecule has 0 spiro atoms.